The quantitative estimate of drug-likeness (QED) is 0.381. The minimum Gasteiger partial charge on any atom is -0.508 e. The number of aromatic nitrogens is 1. The highest BCUT2D eigenvalue weighted by Crippen LogP contribution is 2.36. The van der Waals surface area contributed by atoms with Crippen LogP contribution < -0.4 is 5.32 Å². The number of phenols is 1. The third-order valence-electron chi connectivity index (χ3n) is 4.69. The molecule has 0 aliphatic heterocycles. The predicted molar refractivity (Wildman–Crippen MR) is 119 cm³/mol. The summed E-state index contributed by atoms with van der Waals surface area (Å²) in [7, 11) is -4.13. The molecule has 3 aromatic carbocycles. The van der Waals surface area contributed by atoms with E-state index in [1.54, 1.807) is 36.4 Å². The van der Waals surface area contributed by atoms with Crippen LogP contribution in [0.3, 0.4) is 0 Å². The van der Waals surface area contributed by atoms with Gasteiger partial charge in [-0.3, -0.25) is 4.79 Å². The van der Waals surface area contributed by atoms with Crippen molar-refractivity contribution in [1.29, 1.82) is 0 Å². The van der Waals surface area contributed by atoms with Crippen LogP contribution >= 0.6 is 23.2 Å². The lowest BCUT2D eigenvalue weighted by atomic mass is 10.2. The van der Waals surface area contributed by atoms with Crippen LogP contribution in [0.15, 0.2) is 76.5 Å². The predicted octanol–water partition coefficient (Wildman–Crippen LogP) is 4.94. The Morgan fingerprint density at radius 1 is 1.00 bits per heavy atom. The van der Waals surface area contributed by atoms with Gasteiger partial charge in [0.2, 0.25) is 9.84 Å². The monoisotopic (exact) mass is 474 g/mol. The van der Waals surface area contributed by atoms with Gasteiger partial charge in [-0.1, -0.05) is 47.5 Å². The Balaban J connectivity index is 1.82. The molecule has 0 bridgehead atoms. The molecule has 0 saturated heterocycles. The summed E-state index contributed by atoms with van der Waals surface area (Å²) in [4.78, 5) is 15.6. The number of hydrogen-bond acceptors (Lipinski definition) is 4. The average molecular weight is 475 g/mol. The summed E-state index contributed by atoms with van der Waals surface area (Å²) in [6.07, 6.45) is 0. The van der Waals surface area contributed by atoms with Gasteiger partial charge in [0.25, 0.3) is 5.91 Å². The number of aromatic hydroxyl groups is 1. The molecule has 31 heavy (non-hydrogen) atoms. The van der Waals surface area contributed by atoms with Crippen LogP contribution in [0.5, 0.6) is 5.75 Å². The van der Waals surface area contributed by atoms with E-state index in [1.165, 1.54) is 30.3 Å². The number of aromatic amines is 1. The number of sulfone groups is 1. The Kier molecular flexibility index (Phi) is 5.66. The summed E-state index contributed by atoms with van der Waals surface area (Å²) < 4.78 is 27.0. The van der Waals surface area contributed by atoms with Crippen molar-refractivity contribution < 1.29 is 18.3 Å². The van der Waals surface area contributed by atoms with Crippen molar-refractivity contribution in [3.63, 3.8) is 0 Å². The van der Waals surface area contributed by atoms with Gasteiger partial charge in [0.05, 0.1) is 9.92 Å². The molecule has 6 nitrogen and oxygen atoms in total. The fraction of sp³-hybridized carbons (Fsp3) is 0.0455. The van der Waals surface area contributed by atoms with Gasteiger partial charge in [-0.15, -0.1) is 0 Å². The van der Waals surface area contributed by atoms with Crippen LogP contribution in [-0.2, 0) is 16.4 Å². The first-order chi connectivity index (χ1) is 14.8. The summed E-state index contributed by atoms with van der Waals surface area (Å²) in [6, 6.07) is 17.1. The van der Waals surface area contributed by atoms with E-state index in [4.69, 9.17) is 23.2 Å². The number of phenolic OH excluding ortho intramolecular Hbond substituents is 1. The third kappa shape index (κ3) is 4.12. The number of nitrogens with one attached hydrogen (secondary N) is 2. The van der Waals surface area contributed by atoms with E-state index < -0.39 is 15.7 Å². The Hall–Kier alpha value is -3.00. The van der Waals surface area contributed by atoms with Crippen molar-refractivity contribution in [2.45, 2.75) is 16.3 Å². The zero-order chi connectivity index (χ0) is 22.2. The molecule has 0 radical (unpaired) electrons. The van der Waals surface area contributed by atoms with Gasteiger partial charge in [0.1, 0.15) is 16.3 Å². The van der Waals surface area contributed by atoms with Gasteiger partial charge in [-0.05, 0) is 48.0 Å². The molecular formula is C22H16Cl2N2O4S. The summed E-state index contributed by atoms with van der Waals surface area (Å²) in [5, 5.41) is 13.0. The highest BCUT2D eigenvalue weighted by atomic mass is 35.5. The molecule has 1 heterocycles. The Morgan fingerprint density at radius 3 is 2.48 bits per heavy atom. The van der Waals surface area contributed by atoms with Gasteiger partial charge in [-0.2, -0.15) is 0 Å². The number of halogens is 2. The molecule has 0 aliphatic carbocycles. The number of rotatable bonds is 5. The summed E-state index contributed by atoms with van der Waals surface area (Å²) >= 11 is 12.3. The lowest BCUT2D eigenvalue weighted by molar-refractivity contribution is 0.0943. The first-order valence-electron chi connectivity index (χ1n) is 9.14. The van der Waals surface area contributed by atoms with Crippen molar-refractivity contribution >= 4 is 49.8 Å². The molecule has 158 valence electrons. The average Bonchev–Trinajstić information content (AvgIpc) is 3.14. The van der Waals surface area contributed by atoms with Gasteiger partial charge >= 0.3 is 0 Å². The maximum absolute atomic E-state index is 13.5. The van der Waals surface area contributed by atoms with Crippen molar-refractivity contribution in [3.05, 3.63) is 88.0 Å². The van der Waals surface area contributed by atoms with Crippen LogP contribution in [0.1, 0.15) is 16.1 Å². The molecule has 4 rings (SSSR count). The molecule has 1 amide bonds. The molecule has 0 spiro atoms. The number of fused-ring (bicyclic) bond motifs is 1. The van der Waals surface area contributed by atoms with E-state index in [0.717, 1.165) is 0 Å². The first kappa shape index (κ1) is 21.2. The van der Waals surface area contributed by atoms with Gasteiger partial charge in [-0.25, -0.2) is 8.42 Å². The summed E-state index contributed by atoms with van der Waals surface area (Å²) in [5.74, 6) is -0.565. The van der Waals surface area contributed by atoms with Crippen LogP contribution in [0.25, 0.3) is 10.9 Å². The van der Waals surface area contributed by atoms with E-state index >= 15 is 0 Å². The van der Waals surface area contributed by atoms with Gasteiger partial charge < -0.3 is 15.4 Å². The largest absolute Gasteiger partial charge is 0.508 e. The normalized spacial score (nSPS) is 11.5. The van der Waals surface area contributed by atoms with E-state index in [9.17, 15) is 18.3 Å². The molecule has 1 aromatic heterocycles. The van der Waals surface area contributed by atoms with Crippen molar-refractivity contribution in [2.24, 2.45) is 0 Å². The van der Waals surface area contributed by atoms with Gasteiger partial charge in [0, 0.05) is 22.5 Å². The van der Waals surface area contributed by atoms with E-state index in [2.05, 4.69) is 10.3 Å². The van der Waals surface area contributed by atoms with Crippen LogP contribution in [0.4, 0.5) is 0 Å². The molecule has 0 unspecified atom stereocenters. The zero-order valence-electron chi connectivity index (χ0n) is 15.9. The fourth-order valence-corrected chi connectivity index (χ4v) is 5.55. The molecule has 9 heteroatoms. The van der Waals surface area contributed by atoms with Crippen molar-refractivity contribution in [1.82, 2.24) is 10.3 Å². The number of carbonyl (C=O) groups is 1. The van der Waals surface area contributed by atoms with E-state index in [-0.39, 0.29) is 43.2 Å². The summed E-state index contributed by atoms with van der Waals surface area (Å²) in [6.45, 7) is 0.0903. The maximum Gasteiger partial charge on any atom is 0.269 e. The molecular weight excluding hydrogens is 459 g/mol. The second-order valence-corrected chi connectivity index (χ2v) is 9.54. The minimum atomic E-state index is -4.13. The zero-order valence-corrected chi connectivity index (χ0v) is 18.2. The Labute approximate surface area is 188 Å². The number of amides is 1. The van der Waals surface area contributed by atoms with E-state index in [0.29, 0.717) is 11.1 Å². The molecule has 4 aromatic rings. The van der Waals surface area contributed by atoms with Gasteiger partial charge in [0.15, 0.2) is 0 Å². The second kappa shape index (κ2) is 8.26. The maximum atomic E-state index is 13.5. The van der Waals surface area contributed by atoms with Crippen LogP contribution in [-0.4, -0.2) is 24.4 Å². The highest BCUT2D eigenvalue weighted by molar-refractivity contribution is 7.91. The Bertz CT molecular complexity index is 1410. The lowest BCUT2D eigenvalue weighted by Crippen LogP contribution is -2.25. The first-order valence-corrected chi connectivity index (χ1v) is 11.4. The molecule has 0 saturated carbocycles. The smallest absolute Gasteiger partial charge is 0.269 e. The fourth-order valence-electron chi connectivity index (χ4n) is 3.29. The molecule has 3 N–H and O–H groups in total. The minimum absolute atomic E-state index is 0.0529. The van der Waals surface area contributed by atoms with Crippen LogP contribution in [0.2, 0.25) is 10.0 Å². The van der Waals surface area contributed by atoms with Crippen molar-refractivity contribution in [2.75, 3.05) is 0 Å². The van der Waals surface area contributed by atoms with E-state index in [1.807, 2.05) is 0 Å². The highest BCUT2D eigenvalue weighted by Gasteiger charge is 2.30. The third-order valence-corrected chi connectivity index (χ3v) is 7.06. The Morgan fingerprint density at radius 2 is 1.74 bits per heavy atom. The summed E-state index contributed by atoms with van der Waals surface area (Å²) in [5.41, 5.74) is 0.931. The number of carbonyl (C=O) groups excluding carboxylic acids is 1. The van der Waals surface area contributed by atoms with Crippen LogP contribution in [0, 0.1) is 0 Å². The topological polar surface area (TPSA) is 99.3 Å². The molecule has 0 aliphatic rings. The lowest BCUT2D eigenvalue weighted by Gasteiger charge is -2.09. The molecule has 0 fully saturated rings. The number of H-pyrrole nitrogens is 1. The second-order valence-electron chi connectivity index (χ2n) is 6.80. The number of hydrogen-bond donors (Lipinski definition) is 3. The molecule has 0 atom stereocenters. The van der Waals surface area contributed by atoms with Crippen molar-refractivity contribution in [3.8, 4) is 5.75 Å². The number of benzene rings is 3. The standard InChI is InChI=1S/C22H16Cl2N2O4S/c23-14-5-2-7-16(11-14)31(29,30)21-19-17(24)8-3-9-18(19)26-20(21)22(28)25-12-13-4-1-6-15(27)10-13/h1-11,26-27H,12H2,(H,25,28). The SMILES string of the molecule is O=C(NCc1cccc(O)c1)c1[nH]c2cccc(Cl)c2c1S(=O)(=O)c1cccc(Cl)c1.